The van der Waals surface area contributed by atoms with Crippen molar-refractivity contribution in [2.75, 3.05) is 29.1 Å². The van der Waals surface area contributed by atoms with E-state index in [1.807, 2.05) is 42.5 Å². The molecule has 2 aromatic carbocycles. The number of ether oxygens (including phenoxy) is 1. The first-order valence-corrected chi connectivity index (χ1v) is 10.1. The second-order valence-electron chi connectivity index (χ2n) is 7.88. The summed E-state index contributed by atoms with van der Waals surface area (Å²) in [6.45, 7) is 7.48. The zero-order valence-electron chi connectivity index (χ0n) is 17.1. The summed E-state index contributed by atoms with van der Waals surface area (Å²) >= 11 is 0. The van der Waals surface area contributed by atoms with Crippen molar-refractivity contribution >= 4 is 23.0 Å². The second kappa shape index (κ2) is 9.00. The summed E-state index contributed by atoms with van der Waals surface area (Å²) in [5.74, 6) is 0.970. The number of nitrogens with one attached hydrogen (secondary N) is 1. The smallest absolute Gasteiger partial charge is 0.262 e. The van der Waals surface area contributed by atoms with Gasteiger partial charge in [-0.2, -0.15) is 0 Å². The SMILES string of the molecule is CC(C)c1ccc(OCC(=O)Nc2cc(N)ccc2N2CCCC[C@H]2C)cc1. The van der Waals surface area contributed by atoms with Crippen molar-refractivity contribution in [3.05, 3.63) is 48.0 Å². The van der Waals surface area contributed by atoms with Gasteiger partial charge in [-0.05, 0) is 68.0 Å². The molecule has 5 heteroatoms. The van der Waals surface area contributed by atoms with Crippen molar-refractivity contribution in [3.8, 4) is 5.75 Å². The molecule has 0 aromatic heterocycles. The number of piperidine rings is 1. The third kappa shape index (κ3) is 4.97. The van der Waals surface area contributed by atoms with Gasteiger partial charge in [0, 0.05) is 18.3 Å². The number of nitrogens with two attached hydrogens (primary N) is 1. The number of benzene rings is 2. The van der Waals surface area contributed by atoms with Crippen LogP contribution in [0.15, 0.2) is 42.5 Å². The number of amides is 1. The minimum absolute atomic E-state index is 0.0369. The van der Waals surface area contributed by atoms with Crippen LogP contribution < -0.4 is 20.7 Å². The second-order valence-corrected chi connectivity index (χ2v) is 7.88. The predicted octanol–water partition coefficient (Wildman–Crippen LogP) is 4.79. The fourth-order valence-corrected chi connectivity index (χ4v) is 3.64. The highest BCUT2D eigenvalue weighted by Crippen LogP contribution is 2.33. The third-order valence-corrected chi connectivity index (χ3v) is 5.32. The molecule has 3 rings (SSSR count). The van der Waals surface area contributed by atoms with E-state index in [0.29, 0.717) is 23.4 Å². The Bertz CT molecular complexity index is 802. The zero-order chi connectivity index (χ0) is 20.1. The molecular formula is C23H31N3O2. The van der Waals surface area contributed by atoms with Gasteiger partial charge >= 0.3 is 0 Å². The van der Waals surface area contributed by atoms with E-state index in [-0.39, 0.29) is 12.5 Å². The Hall–Kier alpha value is -2.69. The van der Waals surface area contributed by atoms with Gasteiger partial charge in [0.2, 0.25) is 0 Å². The van der Waals surface area contributed by atoms with E-state index >= 15 is 0 Å². The van der Waals surface area contributed by atoms with Gasteiger partial charge in [-0.15, -0.1) is 0 Å². The molecular weight excluding hydrogens is 350 g/mol. The van der Waals surface area contributed by atoms with Gasteiger partial charge in [-0.1, -0.05) is 26.0 Å². The minimum atomic E-state index is -0.190. The van der Waals surface area contributed by atoms with E-state index in [1.54, 1.807) is 0 Å². The highest BCUT2D eigenvalue weighted by molar-refractivity contribution is 5.96. The fourth-order valence-electron chi connectivity index (χ4n) is 3.64. The first-order valence-electron chi connectivity index (χ1n) is 10.1. The van der Waals surface area contributed by atoms with Crippen molar-refractivity contribution < 1.29 is 9.53 Å². The summed E-state index contributed by atoms with van der Waals surface area (Å²) in [6.07, 6.45) is 3.57. The molecule has 1 fully saturated rings. The van der Waals surface area contributed by atoms with E-state index in [9.17, 15) is 4.79 Å². The Morgan fingerprint density at radius 1 is 1.21 bits per heavy atom. The zero-order valence-corrected chi connectivity index (χ0v) is 17.1. The van der Waals surface area contributed by atoms with Crippen molar-refractivity contribution in [2.45, 2.75) is 52.0 Å². The topological polar surface area (TPSA) is 67.6 Å². The molecule has 0 spiro atoms. The maximum absolute atomic E-state index is 12.5. The van der Waals surface area contributed by atoms with Crippen LogP contribution in [0.25, 0.3) is 0 Å². The molecule has 1 heterocycles. The summed E-state index contributed by atoms with van der Waals surface area (Å²) in [5.41, 5.74) is 9.62. The standard InChI is InChI=1S/C23H31N3O2/c1-16(2)18-7-10-20(11-8-18)28-15-23(27)25-21-14-19(24)9-12-22(21)26-13-5-4-6-17(26)3/h7-12,14,16-17H,4-6,13,15,24H2,1-3H3,(H,25,27)/t17-/m1/s1. The van der Waals surface area contributed by atoms with Gasteiger partial charge in [0.15, 0.2) is 6.61 Å². The lowest BCUT2D eigenvalue weighted by molar-refractivity contribution is -0.118. The Balaban J connectivity index is 1.65. The van der Waals surface area contributed by atoms with Crippen LogP contribution in [-0.4, -0.2) is 25.1 Å². The molecule has 150 valence electrons. The van der Waals surface area contributed by atoms with Crippen molar-refractivity contribution in [1.29, 1.82) is 0 Å². The normalized spacial score (nSPS) is 16.9. The maximum atomic E-state index is 12.5. The first-order chi connectivity index (χ1) is 13.4. The van der Waals surface area contributed by atoms with Crippen molar-refractivity contribution in [3.63, 3.8) is 0 Å². The van der Waals surface area contributed by atoms with Crippen LogP contribution >= 0.6 is 0 Å². The Morgan fingerprint density at radius 3 is 2.64 bits per heavy atom. The summed E-state index contributed by atoms with van der Waals surface area (Å²) in [4.78, 5) is 14.8. The molecule has 0 saturated carbocycles. The van der Waals surface area contributed by atoms with Gasteiger partial charge in [0.05, 0.1) is 11.4 Å². The van der Waals surface area contributed by atoms with Crippen LogP contribution in [-0.2, 0) is 4.79 Å². The van der Waals surface area contributed by atoms with Crippen LogP contribution in [0.2, 0.25) is 0 Å². The number of rotatable bonds is 6. The lowest BCUT2D eigenvalue weighted by Gasteiger charge is -2.36. The highest BCUT2D eigenvalue weighted by Gasteiger charge is 2.21. The molecule has 0 bridgehead atoms. The molecule has 1 amide bonds. The average Bonchev–Trinajstić information content (AvgIpc) is 2.68. The predicted molar refractivity (Wildman–Crippen MR) is 116 cm³/mol. The summed E-state index contributed by atoms with van der Waals surface area (Å²) in [5, 5.41) is 2.98. The van der Waals surface area contributed by atoms with Gasteiger partial charge in [-0.25, -0.2) is 0 Å². The van der Waals surface area contributed by atoms with E-state index in [2.05, 4.69) is 31.0 Å². The monoisotopic (exact) mass is 381 g/mol. The molecule has 28 heavy (non-hydrogen) atoms. The van der Waals surface area contributed by atoms with E-state index in [0.717, 1.165) is 30.8 Å². The third-order valence-electron chi connectivity index (χ3n) is 5.32. The van der Waals surface area contributed by atoms with Crippen LogP contribution in [0.1, 0.15) is 51.5 Å². The Labute approximate surface area is 167 Å². The average molecular weight is 382 g/mol. The van der Waals surface area contributed by atoms with E-state index in [1.165, 1.54) is 12.0 Å². The van der Waals surface area contributed by atoms with Crippen LogP contribution in [0, 0.1) is 0 Å². The number of hydrogen-bond donors (Lipinski definition) is 2. The van der Waals surface area contributed by atoms with Gasteiger partial charge in [0.1, 0.15) is 5.75 Å². The minimum Gasteiger partial charge on any atom is -0.484 e. The molecule has 5 nitrogen and oxygen atoms in total. The number of nitrogens with zero attached hydrogens (tertiary/aromatic N) is 1. The number of carbonyl (C=O) groups excluding carboxylic acids is 1. The number of nitrogen functional groups attached to an aromatic ring is 1. The lowest BCUT2D eigenvalue weighted by atomic mass is 10.0. The molecule has 1 atom stereocenters. The molecule has 0 radical (unpaired) electrons. The Kier molecular flexibility index (Phi) is 6.45. The summed E-state index contributed by atoms with van der Waals surface area (Å²) in [7, 11) is 0. The summed E-state index contributed by atoms with van der Waals surface area (Å²) < 4.78 is 5.65. The highest BCUT2D eigenvalue weighted by atomic mass is 16.5. The molecule has 0 unspecified atom stereocenters. The molecule has 2 aromatic rings. The van der Waals surface area contributed by atoms with Crippen LogP contribution in [0.5, 0.6) is 5.75 Å². The lowest BCUT2D eigenvalue weighted by Crippen LogP contribution is -2.38. The van der Waals surface area contributed by atoms with Crippen molar-refractivity contribution in [1.82, 2.24) is 0 Å². The number of carbonyl (C=O) groups is 1. The molecule has 1 saturated heterocycles. The number of anilines is 3. The van der Waals surface area contributed by atoms with Crippen LogP contribution in [0.4, 0.5) is 17.1 Å². The van der Waals surface area contributed by atoms with Crippen molar-refractivity contribution in [2.24, 2.45) is 0 Å². The first kappa shape index (κ1) is 20.1. The summed E-state index contributed by atoms with van der Waals surface area (Å²) in [6, 6.07) is 14.0. The van der Waals surface area contributed by atoms with Crippen LogP contribution in [0.3, 0.4) is 0 Å². The van der Waals surface area contributed by atoms with Gasteiger partial charge < -0.3 is 20.7 Å². The maximum Gasteiger partial charge on any atom is 0.262 e. The molecule has 0 aliphatic carbocycles. The van der Waals surface area contributed by atoms with E-state index in [4.69, 9.17) is 10.5 Å². The van der Waals surface area contributed by atoms with E-state index < -0.39 is 0 Å². The molecule has 3 N–H and O–H groups in total. The molecule has 1 aliphatic heterocycles. The van der Waals surface area contributed by atoms with Gasteiger partial charge in [-0.3, -0.25) is 4.79 Å². The molecule has 1 aliphatic rings. The number of hydrogen-bond acceptors (Lipinski definition) is 4. The fraction of sp³-hybridized carbons (Fsp3) is 0.435. The quantitative estimate of drug-likeness (QED) is 0.706. The Morgan fingerprint density at radius 2 is 1.96 bits per heavy atom. The largest absolute Gasteiger partial charge is 0.484 e. The van der Waals surface area contributed by atoms with Gasteiger partial charge in [0.25, 0.3) is 5.91 Å².